The van der Waals surface area contributed by atoms with Crippen molar-refractivity contribution in [2.75, 3.05) is 6.61 Å². The lowest BCUT2D eigenvalue weighted by molar-refractivity contribution is 0.200. The molecule has 138 valence electrons. The lowest BCUT2D eigenvalue weighted by Gasteiger charge is -2.17. The minimum Gasteiger partial charge on any atom is -0.505 e. The molecule has 25 heavy (non-hydrogen) atoms. The van der Waals surface area contributed by atoms with E-state index in [2.05, 4.69) is 13.5 Å². The average molecular weight is 348 g/mol. The maximum Gasteiger partial charge on any atom is 0.165 e. The molecule has 1 aromatic carbocycles. The molecule has 0 heterocycles. The van der Waals surface area contributed by atoms with E-state index in [4.69, 9.17) is 5.11 Å². The van der Waals surface area contributed by atoms with E-state index < -0.39 is 11.9 Å². The summed E-state index contributed by atoms with van der Waals surface area (Å²) in [6.45, 7) is 7.84. The summed E-state index contributed by atoms with van der Waals surface area (Å²) in [6.07, 6.45) is 6.52. The van der Waals surface area contributed by atoms with Gasteiger partial charge >= 0.3 is 0 Å². The predicted molar refractivity (Wildman–Crippen MR) is 101 cm³/mol. The van der Waals surface area contributed by atoms with Crippen LogP contribution in [-0.4, -0.2) is 28.0 Å². The molecule has 1 rings (SSSR count). The number of hydrogen-bond donors (Lipinski definition) is 3. The Bertz CT molecular complexity index is 632. The minimum atomic E-state index is -0.684. The van der Waals surface area contributed by atoms with Crippen molar-refractivity contribution in [2.24, 2.45) is 0 Å². The first-order valence-electron chi connectivity index (χ1n) is 8.77. The van der Waals surface area contributed by atoms with Crippen LogP contribution in [0.5, 0.6) is 5.75 Å². The van der Waals surface area contributed by atoms with Gasteiger partial charge in [0.2, 0.25) is 0 Å². The quantitative estimate of drug-likeness (QED) is 0.535. The second-order valence-electron chi connectivity index (χ2n) is 6.12. The Kier molecular flexibility index (Phi) is 9.17. The summed E-state index contributed by atoms with van der Waals surface area (Å²) in [4.78, 5) is 0. The van der Waals surface area contributed by atoms with Gasteiger partial charge in [0.1, 0.15) is 0 Å². The van der Waals surface area contributed by atoms with Crippen molar-refractivity contribution < 1.29 is 19.7 Å². The van der Waals surface area contributed by atoms with Crippen LogP contribution in [0.15, 0.2) is 47.6 Å². The average Bonchev–Trinajstić information content (AvgIpc) is 2.60. The van der Waals surface area contributed by atoms with Crippen molar-refractivity contribution in [3.8, 4) is 5.75 Å². The molecule has 0 aliphatic carbocycles. The predicted octanol–water partition coefficient (Wildman–Crippen LogP) is 4.74. The molecule has 0 saturated heterocycles. The lowest BCUT2D eigenvalue weighted by Crippen LogP contribution is -2.13. The van der Waals surface area contributed by atoms with E-state index in [1.807, 2.05) is 13.0 Å². The molecule has 0 saturated carbocycles. The van der Waals surface area contributed by atoms with Gasteiger partial charge in [-0.1, -0.05) is 50.6 Å². The highest BCUT2D eigenvalue weighted by Crippen LogP contribution is 2.25. The second kappa shape index (κ2) is 10.9. The van der Waals surface area contributed by atoms with Gasteiger partial charge in [0, 0.05) is 0 Å². The number of benzene rings is 1. The Labute approximate surface area is 149 Å². The van der Waals surface area contributed by atoms with E-state index in [1.165, 1.54) is 12.1 Å². The van der Waals surface area contributed by atoms with E-state index in [9.17, 15) is 14.6 Å². The van der Waals surface area contributed by atoms with Crippen molar-refractivity contribution >= 4 is 6.08 Å². The smallest absolute Gasteiger partial charge is 0.165 e. The van der Waals surface area contributed by atoms with Crippen LogP contribution in [-0.2, 0) is 0 Å². The van der Waals surface area contributed by atoms with Gasteiger partial charge in [0.15, 0.2) is 11.6 Å². The highest BCUT2D eigenvalue weighted by Gasteiger charge is 2.13. The molecule has 1 atom stereocenters. The molecule has 0 amide bonds. The van der Waals surface area contributed by atoms with Crippen LogP contribution < -0.4 is 0 Å². The molecule has 0 aromatic heterocycles. The van der Waals surface area contributed by atoms with Gasteiger partial charge in [-0.05, 0) is 54.5 Å². The fourth-order valence-corrected chi connectivity index (χ4v) is 2.74. The zero-order valence-electron chi connectivity index (χ0n) is 15.1. The highest BCUT2D eigenvalue weighted by molar-refractivity contribution is 5.54. The molecule has 0 radical (unpaired) electrons. The fourth-order valence-electron chi connectivity index (χ4n) is 2.74. The van der Waals surface area contributed by atoms with Crippen molar-refractivity contribution in [1.29, 1.82) is 0 Å². The van der Waals surface area contributed by atoms with E-state index in [0.717, 1.165) is 24.0 Å². The third-order valence-electron chi connectivity index (χ3n) is 4.16. The summed E-state index contributed by atoms with van der Waals surface area (Å²) in [5.41, 5.74) is 3.31. The van der Waals surface area contributed by atoms with Crippen LogP contribution >= 0.6 is 0 Å². The van der Waals surface area contributed by atoms with Gasteiger partial charge in [-0.2, -0.15) is 0 Å². The number of phenolic OH excluding ortho intramolecular Hbond substituents is 1. The molecule has 1 unspecified atom stereocenters. The third kappa shape index (κ3) is 6.85. The second-order valence-corrected chi connectivity index (χ2v) is 6.12. The summed E-state index contributed by atoms with van der Waals surface area (Å²) in [5, 5.41) is 28.9. The molecule has 0 aliphatic heterocycles. The van der Waals surface area contributed by atoms with Gasteiger partial charge in [-0.25, -0.2) is 4.39 Å². The van der Waals surface area contributed by atoms with Gasteiger partial charge < -0.3 is 15.3 Å². The Hall–Kier alpha value is -1.91. The Morgan fingerprint density at radius 1 is 1.28 bits per heavy atom. The number of rotatable bonds is 10. The maximum absolute atomic E-state index is 13.5. The molecule has 4 heteroatoms. The molecule has 0 spiro atoms. The van der Waals surface area contributed by atoms with Gasteiger partial charge in [0.05, 0.1) is 12.7 Å². The number of aliphatic hydroxyl groups is 2. The van der Waals surface area contributed by atoms with Crippen LogP contribution in [0.3, 0.4) is 0 Å². The zero-order chi connectivity index (χ0) is 18.8. The van der Waals surface area contributed by atoms with Crippen LogP contribution in [0, 0.1) is 5.82 Å². The van der Waals surface area contributed by atoms with Crippen LogP contribution in [0.25, 0.3) is 6.08 Å². The van der Waals surface area contributed by atoms with Gasteiger partial charge in [-0.3, -0.25) is 0 Å². The number of aromatic hydroxyl groups is 1. The largest absolute Gasteiger partial charge is 0.505 e. The van der Waals surface area contributed by atoms with Crippen molar-refractivity contribution in [1.82, 2.24) is 0 Å². The van der Waals surface area contributed by atoms with Crippen molar-refractivity contribution in [2.45, 2.75) is 52.1 Å². The van der Waals surface area contributed by atoms with E-state index in [-0.39, 0.29) is 12.4 Å². The topological polar surface area (TPSA) is 60.7 Å². The number of aliphatic hydroxyl groups excluding tert-OH is 2. The summed E-state index contributed by atoms with van der Waals surface area (Å²) < 4.78 is 13.5. The normalized spacial score (nSPS) is 13.8. The van der Waals surface area contributed by atoms with E-state index in [0.29, 0.717) is 30.4 Å². The number of phenols is 1. The van der Waals surface area contributed by atoms with Crippen molar-refractivity contribution in [3.05, 3.63) is 59.0 Å². The molecule has 0 aliphatic rings. The van der Waals surface area contributed by atoms with Crippen LogP contribution in [0.2, 0.25) is 0 Å². The summed E-state index contributed by atoms with van der Waals surface area (Å²) >= 11 is 0. The van der Waals surface area contributed by atoms with Gasteiger partial charge in [0.25, 0.3) is 0 Å². The molecule has 3 nitrogen and oxygen atoms in total. The minimum absolute atomic E-state index is 0.129. The molecule has 0 bridgehead atoms. The van der Waals surface area contributed by atoms with E-state index >= 15 is 0 Å². The number of halogens is 1. The highest BCUT2D eigenvalue weighted by atomic mass is 19.1. The number of hydrogen-bond acceptors (Lipinski definition) is 3. The molecule has 3 N–H and O–H groups in total. The Morgan fingerprint density at radius 2 is 2.00 bits per heavy atom. The third-order valence-corrected chi connectivity index (χ3v) is 4.16. The van der Waals surface area contributed by atoms with Gasteiger partial charge in [-0.15, -0.1) is 0 Å². The maximum atomic E-state index is 13.5. The first-order chi connectivity index (χ1) is 11.9. The van der Waals surface area contributed by atoms with Crippen LogP contribution in [0.4, 0.5) is 4.39 Å². The summed E-state index contributed by atoms with van der Waals surface area (Å²) in [6, 6.07) is 4.31. The molecular weight excluding hydrogens is 319 g/mol. The Morgan fingerprint density at radius 3 is 2.56 bits per heavy atom. The van der Waals surface area contributed by atoms with E-state index in [1.54, 1.807) is 12.1 Å². The monoisotopic (exact) mass is 348 g/mol. The molecule has 0 fully saturated rings. The SMILES string of the molecule is C=C(CC)/C(=C/CO)C(O)CC/C(=C/c1ccc(O)c(F)c1)CCC. The standard InChI is InChI=1S/C21H29FO3/c1-4-6-16(13-17-8-10-21(25)19(22)14-17)7-9-20(24)18(11-12-23)15(3)5-2/h8,10-11,13-14,20,23-25H,3-7,9,12H2,1-2H3/b16-13+,18-11-. The summed E-state index contributed by atoms with van der Waals surface area (Å²) in [7, 11) is 0. The lowest BCUT2D eigenvalue weighted by atomic mass is 9.93. The molecular formula is C21H29FO3. The van der Waals surface area contributed by atoms with Crippen molar-refractivity contribution in [3.63, 3.8) is 0 Å². The fraction of sp³-hybridized carbons (Fsp3) is 0.429. The zero-order valence-corrected chi connectivity index (χ0v) is 15.1. The van der Waals surface area contributed by atoms with Crippen LogP contribution in [0.1, 0.15) is 51.5 Å². The summed E-state index contributed by atoms with van der Waals surface area (Å²) in [5.74, 6) is -1.00. The number of allylic oxidation sites excluding steroid dienone is 1. The Balaban J connectivity index is 2.87. The first-order valence-corrected chi connectivity index (χ1v) is 8.77. The molecule has 1 aromatic rings. The first kappa shape index (κ1) is 21.1.